The van der Waals surface area contributed by atoms with Crippen molar-refractivity contribution >= 4 is 17.7 Å². The maximum atomic E-state index is 12.6. The number of unbranched alkanes of at least 4 members (excludes halogenated alkanes) is 2. The van der Waals surface area contributed by atoms with Crippen LogP contribution in [0.25, 0.3) is 0 Å². The van der Waals surface area contributed by atoms with Crippen LogP contribution < -0.4 is 0 Å². The molecule has 0 aromatic carbocycles. The van der Waals surface area contributed by atoms with E-state index in [4.69, 9.17) is 4.74 Å². The predicted molar refractivity (Wildman–Crippen MR) is 72.6 cm³/mol. The van der Waals surface area contributed by atoms with E-state index >= 15 is 0 Å². The average molecular weight is 336 g/mol. The van der Waals surface area contributed by atoms with Crippen LogP contribution in [0, 0.1) is 0 Å². The largest absolute Gasteiger partial charge is 0.465 e. The van der Waals surface area contributed by atoms with E-state index < -0.39 is 23.8 Å². The summed E-state index contributed by atoms with van der Waals surface area (Å²) < 4.78 is 65.9. The van der Waals surface area contributed by atoms with Crippen molar-refractivity contribution in [2.24, 2.45) is 0 Å². The fraction of sp³-hybridized carbons (Fsp3) is 0.923. The zero-order valence-electron chi connectivity index (χ0n) is 12.1. The van der Waals surface area contributed by atoms with Crippen LogP contribution in [0.2, 0.25) is 0 Å². The van der Waals surface area contributed by atoms with E-state index in [1.54, 1.807) is 6.92 Å². The van der Waals surface area contributed by atoms with Gasteiger partial charge in [0.25, 0.3) is 0 Å². The second-order valence-electron chi connectivity index (χ2n) is 4.69. The summed E-state index contributed by atoms with van der Waals surface area (Å²) in [7, 11) is 0. The lowest BCUT2D eigenvalue weighted by Crippen LogP contribution is -2.36. The molecule has 0 spiro atoms. The van der Waals surface area contributed by atoms with Gasteiger partial charge in [-0.05, 0) is 31.9 Å². The Hall–Kier alpha value is -0.530. The first kappa shape index (κ1) is 20.5. The standard InChI is InChI=1S/C13H21F5O2S/c1-3-4-8-20-11(19)10(2)21-9-6-5-7-12(14,15)13(16,17)18/h10H,3-9H2,1-2H3. The van der Waals surface area contributed by atoms with Crippen molar-refractivity contribution in [2.45, 2.75) is 63.3 Å². The van der Waals surface area contributed by atoms with E-state index in [0.717, 1.165) is 12.8 Å². The highest BCUT2D eigenvalue weighted by molar-refractivity contribution is 8.00. The Balaban J connectivity index is 3.78. The van der Waals surface area contributed by atoms with Gasteiger partial charge in [0.2, 0.25) is 0 Å². The lowest BCUT2D eigenvalue weighted by atomic mass is 10.1. The van der Waals surface area contributed by atoms with E-state index in [-0.39, 0.29) is 18.8 Å². The fourth-order valence-electron chi connectivity index (χ4n) is 1.35. The Kier molecular flexibility index (Phi) is 9.24. The molecule has 0 amide bonds. The zero-order valence-corrected chi connectivity index (χ0v) is 13.0. The summed E-state index contributed by atoms with van der Waals surface area (Å²) in [6.07, 6.45) is -5.07. The number of carbonyl (C=O) groups excluding carboxylic acids is 1. The molecule has 1 unspecified atom stereocenters. The molecule has 0 bridgehead atoms. The number of alkyl halides is 5. The number of carbonyl (C=O) groups is 1. The topological polar surface area (TPSA) is 26.3 Å². The van der Waals surface area contributed by atoms with Crippen LogP contribution in [0.4, 0.5) is 22.0 Å². The van der Waals surface area contributed by atoms with Gasteiger partial charge in [0.15, 0.2) is 0 Å². The number of thioether (sulfide) groups is 1. The van der Waals surface area contributed by atoms with Crippen molar-refractivity contribution in [1.29, 1.82) is 0 Å². The smallest absolute Gasteiger partial charge is 0.453 e. The SMILES string of the molecule is CCCCOC(=O)C(C)SCCCCC(F)(F)C(F)(F)F. The van der Waals surface area contributed by atoms with Crippen molar-refractivity contribution < 1.29 is 31.5 Å². The van der Waals surface area contributed by atoms with Gasteiger partial charge in [0, 0.05) is 6.42 Å². The molecular formula is C13H21F5O2S. The second-order valence-corrected chi connectivity index (χ2v) is 6.14. The van der Waals surface area contributed by atoms with E-state index in [1.165, 1.54) is 11.8 Å². The van der Waals surface area contributed by atoms with Gasteiger partial charge in [-0.1, -0.05) is 13.3 Å². The van der Waals surface area contributed by atoms with Crippen molar-refractivity contribution in [3.05, 3.63) is 0 Å². The lowest BCUT2D eigenvalue weighted by Gasteiger charge is -2.19. The molecule has 0 aliphatic carbocycles. The maximum absolute atomic E-state index is 12.6. The third-order valence-electron chi connectivity index (χ3n) is 2.74. The Bertz CT molecular complexity index is 307. The molecule has 21 heavy (non-hydrogen) atoms. The molecule has 126 valence electrons. The number of esters is 1. The van der Waals surface area contributed by atoms with Gasteiger partial charge in [-0.25, -0.2) is 0 Å². The van der Waals surface area contributed by atoms with E-state index in [1.807, 2.05) is 6.92 Å². The molecule has 0 saturated carbocycles. The van der Waals surface area contributed by atoms with Gasteiger partial charge in [-0.3, -0.25) is 4.79 Å². The monoisotopic (exact) mass is 336 g/mol. The first-order valence-electron chi connectivity index (χ1n) is 6.84. The number of halogens is 5. The highest BCUT2D eigenvalue weighted by atomic mass is 32.2. The van der Waals surface area contributed by atoms with E-state index in [0.29, 0.717) is 12.4 Å². The molecule has 2 nitrogen and oxygen atoms in total. The number of ether oxygens (including phenoxy) is 1. The summed E-state index contributed by atoms with van der Waals surface area (Å²) >= 11 is 1.20. The normalized spacial score (nSPS) is 14.0. The van der Waals surface area contributed by atoms with Gasteiger partial charge in [-0.2, -0.15) is 22.0 Å². The van der Waals surface area contributed by atoms with Crippen LogP contribution in [0.1, 0.15) is 46.0 Å². The first-order valence-corrected chi connectivity index (χ1v) is 7.89. The maximum Gasteiger partial charge on any atom is 0.453 e. The molecule has 0 rings (SSSR count). The minimum Gasteiger partial charge on any atom is -0.465 e. The van der Waals surface area contributed by atoms with E-state index in [9.17, 15) is 26.7 Å². The van der Waals surface area contributed by atoms with Crippen LogP contribution in [0.5, 0.6) is 0 Å². The average Bonchev–Trinajstić information content (AvgIpc) is 2.36. The molecule has 0 fully saturated rings. The van der Waals surface area contributed by atoms with Crippen LogP contribution >= 0.6 is 11.8 Å². The third kappa shape index (κ3) is 8.48. The fourth-order valence-corrected chi connectivity index (χ4v) is 2.28. The van der Waals surface area contributed by atoms with Gasteiger partial charge in [0.1, 0.15) is 0 Å². The van der Waals surface area contributed by atoms with Crippen LogP contribution in [-0.4, -0.2) is 35.7 Å². The third-order valence-corrected chi connectivity index (χ3v) is 3.96. The summed E-state index contributed by atoms with van der Waals surface area (Å²) in [6.45, 7) is 3.93. The lowest BCUT2D eigenvalue weighted by molar-refractivity contribution is -0.284. The minimum atomic E-state index is -5.49. The highest BCUT2D eigenvalue weighted by Gasteiger charge is 2.56. The Labute approximate surface area is 125 Å². The molecule has 1 atom stereocenters. The molecule has 0 N–H and O–H groups in total. The van der Waals surface area contributed by atoms with Crippen molar-refractivity contribution in [3.63, 3.8) is 0 Å². The van der Waals surface area contributed by atoms with Crippen LogP contribution in [0.15, 0.2) is 0 Å². The predicted octanol–water partition coefficient (Wildman–Crippen LogP) is 4.82. The number of hydrogen-bond acceptors (Lipinski definition) is 3. The zero-order chi connectivity index (χ0) is 16.5. The minimum absolute atomic E-state index is 0.197. The number of rotatable bonds is 10. The molecule has 0 aliphatic heterocycles. The second kappa shape index (κ2) is 9.48. The summed E-state index contributed by atoms with van der Waals surface area (Å²) in [5, 5.41) is -0.440. The summed E-state index contributed by atoms with van der Waals surface area (Å²) in [5.41, 5.74) is 0. The molecule has 0 aromatic rings. The van der Waals surface area contributed by atoms with Gasteiger partial charge >= 0.3 is 18.1 Å². The van der Waals surface area contributed by atoms with Crippen molar-refractivity contribution in [1.82, 2.24) is 0 Å². The Morgan fingerprint density at radius 2 is 1.76 bits per heavy atom. The van der Waals surface area contributed by atoms with E-state index in [2.05, 4.69) is 0 Å². The molecular weight excluding hydrogens is 315 g/mol. The van der Waals surface area contributed by atoms with Crippen LogP contribution in [0.3, 0.4) is 0 Å². The van der Waals surface area contributed by atoms with Crippen molar-refractivity contribution in [2.75, 3.05) is 12.4 Å². The summed E-state index contributed by atoms with van der Waals surface area (Å²) in [6, 6.07) is 0. The van der Waals surface area contributed by atoms with Gasteiger partial charge < -0.3 is 4.74 Å². The Morgan fingerprint density at radius 1 is 1.14 bits per heavy atom. The molecule has 0 aromatic heterocycles. The van der Waals surface area contributed by atoms with Gasteiger partial charge in [0.05, 0.1) is 11.9 Å². The Morgan fingerprint density at radius 3 is 2.29 bits per heavy atom. The van der Waals surface area contributed by atoms with Crippen molar-refractivity contribution in [3.8, 4) is 0 Å². The highest BCUT2D eigenvalue weighted by Crippen LogP contribution is 2.39. The molecule has 0 aliphatic rings. The first-order chi connectivity index (χ1) is 9.62. The quantitative estimate of drug-likeness (QED) is 0.325. The summed E-state index contributed by atoms with van der Waals surface area (Å²) in [5.74, 6) is -4.67. The molecule has 8 heteroatoms. The molecule has 0 radical (unpaired) electrons. The summed E-state index contributed by atoms with van der Waals surface area (Å²) in [4.78, 5) is 11.5. The number of hydrogen-bond donors (Lipinski definition) is 0. The van der Waals surface area contributed by atoms with Gasteiger partial charge in [-0.15, -0.1) is 11.8 Å². The molecule has 0 heterocycles. The molecule has 0 saturated heterocycles. The van der Waals surface area contributed by atoms with Crippen LogP contribution in [-0.2, 0) is 9.53 Å².